The smallest absolute Gasteiger partial charge is 0.221 e. The van der Waals surface area contributed by atoms with Gasteiger partial charge in [0.05, 0.1) is 0 Å². The number of H-pyrrole nitrogens is 1. The minimum absolute atomic E-state index is 0.632. The molecule has 0 radical (unpaired) electrons. The molecule has 2 aromatic carbocycles. The Labute approximate surface area is 121 Å². The lowest BCUT2D eigenvalue weighted by Gasteiger charge is -1.92. The summed E-state index contributed by atoms with van der Waals surface area (Å²) in [6.45, 7) is 0. The molecular weight excluding hydrogens is 266 g/mol. The molecular formula is C16H11N3S. The molecule has 3 rings (SSSR count). The van der Waals surface area contributed by atoms with Gasteiger partial charge in [0, 0.05) is 22.9 Å². The van der Waals surface area contributed by atoms with E-state index < -0.39 is 0 Å². The van der Waals surface area contributed by atoms with Crippen molar-refractivity contribution in [1.29, 1.82) is 0 Å². The van der Waals surface area contributed by atoms with Crippen LogP contribution < -0.4 is 0 Å². The van der Waals surface area contributed by atoms with E-state index in [0.29, 0.717) is 5.16 Å². The Morgan fingerprint density at radius 2 is 1.60 bits per heavy atom. The van der Waals surface area contributed by atoms with Gasteiger partial charge >= 0.3 is 0 Å². The third kappa shape index (κ3) is 3.08. The summed E-state index contributed by atoms with van der Waals surface area (Å²) >= 11 is 1.32. The van der Waals surface area contributed by atoms with Crippen LogP contribution in [0.25, 0.3) is 11.4 Å². The highest BCUT2D eigenvalue weighted by molar-refractivity contribution is 8.03. The summed E-state index contributed by atoms with van der Waals surface area (Å²) in [6.07, 6.45) is 0. The Morgan fingerprint density at radius 3 is 2.35 bits per heavy atom. The topological polar surface area (TPSA) is 41.6 Å². The van der Waals surface area contributed by atoms with Gasteiger partial charge in [-0.25, -0.2) is 4.98 Å². The van der Waals surface area contributed by atoms with Crippen LogP contribution in [0.1, 0.15) is 5.56 Å². The van der Waals surface area contributed by atoms with Crippen LogP contribution >= 0.6 is 11.8 Å². The van der Waals surface area contributed by atoms with E-state index in [2.05, 4.69) is 26.4 Å². The zero-order chi connectivity index (χ0) is 13.6. The van der Waals surface area contributed by atoms with Gasteiger partial charge in [-0.05, 0) is 17.4 Å². The van der Waals surface area contributed by atoms with E-state index in [1.165, 1.54) is 11.8 Å². The number of rotatable bonds is 2. The fraction of sp³-hybridized carbons (Fsp3) is 0. The molecule has 1 heterocycles. The Balaban J connectivity index is 1.71. The van der Waals surface area contributed by atoms with Crippen molar-refractivity contribution in [2.45, 2.75) is 5.16 Å². The van der Waals surface area contributed by atoms with Gasteiger partial charge in [0.25, 0.3) is 0 Å². The Bertz CT molecular complexity index is 739. The van der Waals surface area contributed by atoms with Crippen LogP contribution in [0.2, 0.25) is 0 Å². The summed E-state index contributed by atoms with van der Waals surface area (Å²) in [7, 11) is 0. The van der Waals surface area contributed by atoms with Crippen LogP contribution in [0.4, 0.5) is 0 Å². The molecule has 20 heavy (non-hydrogen) atoms. The number of aromatic amines is 1. The zero-order valence-corrected chi connectivity index (χ0v) is 11.4. The van der Waals surface area contributed by atoms with Crippen LogP contribution in [0, 0.1) is 11.2 Å². The average Bonchev–Trinajstić information content (AvgIpc) is 2.98. The highest BCUT2D eigenvalue weighted by Gasteiger charge is 2.04. The predicted molar refractivity (Wildman–Crippen MR) is 81.0 cm³/mol. The maximum absolute atomic E-state index is 4.41. The van der Waals surface area contributed by atoms with Gasteiger partial charge in [0.1, 0.15) is 0 Å². The fourth-order valence-electron chi connectivity index (χ4n) is 1.67. The first-order valence-corrected chi connectivity index (χ1v) is 6.94. The second-order valence-corrected chi connectivity index (χ2v) is 4.80. The molecule has 0 aliphatic heterocycles. The first-order chi connectivity index (χ1) is 9.92. The molecule has 1 N–H and O–H groups in total. The number of hydrogen-bond donors (Lipinski definition) is 1. The molecule has 0 bridgehead atoms. The van der Waals surface area contributed by atoms with E-state index in [1.807, 2.05) is 60.7 Å². The summed E-state index contributed by atoms with van der Waals surface area (Å²) in [5.74, 6) is 3.82. The summed E-state index contributed by atoms with van der Waals surface area (Å²) in [5.41, 5.74) is 2.00. The molecule has 0 atom stereocenters. The Kier molecular flexibility index (Phi) is 3.81. The minimum Gasteiger partial charge on any atom is -0.258 e. The van der Waals surface area contributed by atoms with Gasteiger partial charge in [0.2, 0.25) is 5.16 Å². The largest absolute Gasteiger partial charge is 0.258 e. The molecule has 1 aromatic heterocycles. The maximum Gasteiger partial charge on any atom is 0.221 e. The molecule has 0 aliphatic carbocycles. The van der Waals surface area contributed by atoms with Gasteiger partial charge in [-0.2, -0.15) is 0 Å². The number of thioether (sulfide) groups is 1. The van der Waals surface area contributed by atoms with Crippen molar-refractivity contribution in [2.24, 2.45) is 0 Å². The van der Waals surface area contributed by atoms with E-state index in [9.17, 15) is 0 Å². The lowest BCUT2D eigenvalue weighted by Crippen LogP contribution is -1.78. The second kappa shape index (κ2) is 6.09. The summed E-state index contributed by atoms with van der Waals surface area (Å²) in [6, 6.07) is 19.8. The van der Waals surface area contributed by atoms with Crippen LogP contribution in [-0.4, -0.2) is 15.2 Å². The normalized spacial score (nSPS) is 9.80. The minimum atomic E-state index is 0.632. The van der Waals surface area contributed by atoms with Crippen molar-refractivity contribution < 1.29 is 0 Å². The van der Waals surface area contributed by atoms with Crippen LogP contribution in [0.15, 0.2) is 65.8 Å². The predicted octanol–water partition coefficient (Wildman–Crippen LogP) is 3.57. The van der Waals surface area contributed by atoms with Crippen LogP contribution in [0.5, 0.6) is 0 Å². The van der Waals surface area contributed by atoms with Gasteiger partial charge in [-0.3, -0.25) is 5.10 Å². The number of nitrogens with one attached hydrogen (secondary N) is 1. The van der Waals surface area contributed by atoms with Crippen molar-refractivity contribution in [3.05, 3.63) is 66.2 Å². The van der Waals surface area contributed by atoms with Gasteiger partial charge in [-0.1, -0.05) is 54.5 Å². The molecule has 4 heteroatoms. The third-order valence-corrected chi connectivity index (χ3v) is 3.19. The molecule has 96 valence electrons. The van der Waals surface area contributed by atoms with Crippen LogP contribution in [0.3, 0.4) is 0 Å². The Morgan fingerprint density at radius 1 is 0.900 bits per heavy atom. The SMILES string of the molecule is C(#Cc1ccccc1)Sc1n[nH]c(-c2ccccc2)n1. The molecule has 0 spiro atoms. The molecule has 0 saturated heterocycles. The maximum atomic E-state index is 4.41. The standard InChI is InChI=1S/C16H11N3S/c1-3-7-13(8-4-1)11-12-20-16-17-15(18-19-16)14-9-5-2-6-10-14/h1-10H,(H,17,18,19). The molecule has 3 nitrogen and oxygen atoms in total. The Hall–Kier alpha value is -2.51. The summed E-state index contributed by atoms with van der Waals surface area (Å²) in [5, 5.41) is 10.7. The van der Waals surface area contributed by atoms with Gasteiger partial charge in [-0.15, -0.1) is 5.10 Å². The van der Waals surface area contributed by atoms with Gasteiger partial charge in [0.15, 0.2) is 5.82 Å². The van der Waals surface area contributed by atoms with Crippen LogP contribution in [-0.2, 0) is 0 Å². The summed E-state index contributed by atoms with van der Waals surface area (Å²) in [4.78, 5) is 4.41. The first kappa shape index (κ1) is 12.5. The fourth-order valence-corrected chi connectivity index (χ4v) is 2.16. The second-order valence-electron chi connectivity index (χ2n) is 4.03. The average molecular weight is 277 g/mol. The molecule has 0 aliphatic rings. The monoisotopic (exact) mass is 277 g/mol. The van der Waals surface area contributed by atoms with Gasteiger partial charge < -0.3 is 0 Å². The van der Waals surface area contributed by atoms with E-state index in [1.54, 1.807) is 0 Å². The van der Waals surface area contributed by atoms with E-state index >= 15 is 0 Å². The number of hydrogen-bond acceptors (Lipinski definition) is 3. The number of benzene rings is 2. The molecule has 0 amide bonds. The number of nitrogens with zero attached hydrogens (tertiary/aromatic N) is 2. The number of aromatic nitrogens is 3. The molecule has 0 fully saturated rings. The summed E-state index contributed by atoms with van der Waals surface area (Å²) < 4.78 is 0. The quantitative estimate of drug-likeness (QED) is 0.575. The zero-order valence-electron chi connectivity index (χ0n) is 10.6. The lowest BCUT2D eigenvalue weighted by atomic mass is 10.2. The molecule has 3 aromatic rings. The van der Waals surface area contributed by atoms with Crippen molar-refractivity contribution in [2.75, 3.05) is 0 Å². The molecule has 0 unspecified atom stereocenters. The highest BCUT2D eigenvalue weighted by atomic mass is 32.2. The highest BCUT2D eigenvalue weighted by Crippen LogP contribution is 2.18. The van der Waals surface area contributed by atoms with E-state index in [4.69, 9.17) is 0 Å². The third-order valence-electron chi connectivity index (χ3n) is 2.62. The first-order valence-electron chi connectivity index (χ1n) is 6.12. The molecule has 0 saturated carbocycles. The van der Waals surface area contributed by atoms with Crippen molar-refractivity contribution >= 4 is 11.8 Å². The van der Waals surface area contributed by atoms with E-state index in [0.717, 1.165) is 17.0 Å². The van der Waals surface area contributed by atoms with Crippen molar-refractivity contribution in [1.82, 2.24) is 15.2 Å². The van der Waals surface area contributed by atoms with Crippen molar-refractivity contribution in [3.63, 3.8) is 0 Å². The van der Waals surface area contributed by atoms with E-state index in [-0.39, 0.29) is 0 Å². The lowest BCUT2D eigenvalue weighted by molar-refractivity contribution is 0.978. The van der Waals surface area contributed by atoms with Crippen molar-refractivity contribution in [3.8, 4) is 22.6 Å².